The Morgan fingerprint density at radius 3 is 2.61 bits per heavy atom. The Balaban J connectivity index is 2.11. The van der Waals surface area contributed by atoms with Crippen molar-refractivity contribution in [3.05, 3.63) is 34.9 Å². The lowest BCUT2D eigenvalue weighted by molar-refractivity contribution is -0.135. The molecule has 1 N–H and O–H groups in total. The molecule has 0 bridgehead atoms. The first-order chi connectivity index (χ1) is 11.0. The summed E-state index contributed by atoms with van der Waals surface area (Å²) in [6.07, 6.45) is 4.60. The summed E-state index contributed by atoms with van der Waals surface area (Å²) in [6.45, 7) is 4.43. The summed E-state index contributed by atoms with van der Waals surface area (Å²) >= 11 is 5.92. The van der Waals surface area contributed by atoms with Gasteiger partial charge in [-0.1, -0.05) is 30.7 Å². The molecule has 126 valence electrons. The van der Waals surface area contributed by atoms with E-state index in [9.17, 15) is 9.59 Å². The average molecular weight is 337 g/mol. The molecule has 2 amide bonds. The van der Waals surface area contributed by atoms with Gasteiger partial charge in [-0.25, -0.2) is 0 Å². The van der Waals surface area contributed by atoms with Crippen LogP contribution in [0, 0.1) is 0 Å². The second-order valence-electron chi connectivity index (χ2n) is 6.15. The maximum atomic E-state index is 12.7. The van der Waals surface area contributed by atoms with Crippen LogP contribution in [-0.2, 0) is 9.59 Å². The third-order valence-corrected chi connectivity index (χ3v) is 4.70. The number of hydrogen-bond acceptors (Lipinski definition) is 2. The Hall–Kier alpha value is -1.55. The zero-order valence-corrected chi connectivity index (χ0v) is 14.6. The minimum absolute atomic E-state index is 0.116. The van der Waals surface area contributed by atoms with E-state index in [1.165, 1.54) is 13.3 Å². The molecule has 1 aromatic carbocycles. The molecule has 0 saturated carbocycles. The van der Waals surface area contributed by atoms with Crippen molar-refractivity contribution < 1.29 is 9.59 Å². The van der Waals surface area contributed by atoms with Crippen LogP contribution >= 0.6 is 11.6 Å². The summed E-state index contributed by atoms with van der Waals surface area (Å²) in [7, 11) is 0. The number of amides is 2. The number of likely N-dealkylation sites (tertiary alicyclic amines) is 1. The number of halogens is 1. The zero-order valence-electron chi connectivity index (χ0n) is 13.8. The summed E-state index contributed by atoms with van der Waals surface area (Å²) in [4.78, 5) is 26.3. The van der Waals surface area contributed by atoms with Crippen LogP contribution in [0.3, 0.4) is 0 Å². The zero-order chi connectivity index (χ0) is 16.8. The first-order valence-corrected chi connectivity index (χ1v) is 8.71. The highest BCUT2D eigenvalue weighted by atomic mass is 35.5. The molecule has 0 radical (unpaired) electrons. The van der Waals surface area contributed by atoms with Gasteiger partial charge in [0.2, 0.25) is 11.8 Å². The smallest absolute Gasteiger partial charge is 0.225 e. The summed E-state index contributed by atoms with van der Waals surface area (Å²) in [5.74, 6) is -0.0197. The van der Waals surface area contributed by atoms with Gasteiger partial charge in [0.25, 0.3) is 0 Å². The summed E-state index contributed by atoms with van der Waals surface area (Å²) < 4.78 is 0. The molecule has 0 aromatic heterocycles. The minimum Gasteiger partial charge on any atom is -0.349 e. The van der Waals surface area contributed by atoms with Gasteiger partial charge in [0.15, 0.2) is 0 Å². The van der Waals surface area contributed by atoms with Crippen LogP contribution in [-0.4, -0.2) is 29.3 Å². The Kier molecular flexibility index (Phi) is 6.46. The predicted octanol–water partition coefficient (Wildman–Crippen LogP) is 3.70. The molecule has 1 heterocycles. The van der Waals surface area contributed by atoms with Crippen molar-refractivity contribution in [1.29, 1.82) is 0 Å². The summed E-state index contributed by atoms with van der Waals surface area (Å²) in [5.41, 5.74) is 0.906. The van der Waals surface area contributed by atoms with Crippen molar-refractivity contribution in [3.8, 4) is 0 Å². The van der Waals surface area contributed by atoms with Gasteiger partial charge in [-0.2, -0.15) is 0 Å². The number of benzene rings is 1. The highest BCUT2D eigenvalue weighted by Crippen LogP contribution is 2.24. The molecular formula is C18H25ClN2O2. The van der Waals surface area contributed by atoms with E-state index in [0.29, 0.717) is 11.1 Å². The maximum Gasteiger partial charge on any atom is 0.225 e. The minimum atomic E-state index is -0.309. The number of rotatable bonds is 5. The van der Waals surface area contributed by atoms with Crippen LogP contribution < -0.4 is 5.32 Å². The van der Waals surface area contributed by atoms with E-state index in [1.54, 1.807) is 12.1 Å². The summed E-state index contributed by atoms with van der Waals surface area (Å²) in [6, 6.07) is 7.32. The second-order valence-corrected chi connectivity index (χ2v) is 6.59. The molecule has 23 heavy (non-hydrogen) atoms. The van der Waals surface area contributed by atoms with Crippen molar-refractivity contribution in [2.75, 3.05) is 6.54 Å². The van der Waals surface area contributed by atoms with Crippen LogP contribution in [0.2, 0.25) is 5.02 Å². The third-order valence-electron chi connectivity index (χ3n) is 4.45. The molecule has 1 saturated heterocycles. The first-order valence-electron chi connectivity index (χ1n) is 8.33. The van der Waals surface area contributed by atoms with Crippen LogP contribution in [0.5, 0.6) is 0 Å². The van der Waals surface area contributed by atoms with E-state index in [-0.39, 0.29) is 24.3 Å². The molecular weight excluding hydrogens is 312 g/mol. The van der Waals surface area contributed by atoms with Gasteiger partial charge in [-0.05, 0) is 43.4 Å². The quantitative estimate of drug-likeness (QED) is 0.891. The molecule has 1 aromatic rings. The maximum absolute atomic E-state index is 12.7. The Morgan fingerprint density at radius 1 is 1.30 bits per heavy atom. The van der Waals surface area contributed by atoms with Crippen LogP contribution in [0.25, 0.3) is 0 Å². The second kappa shape index (κ2) is 8.34. The van der Waals surface area contributed by atoms with Gasteiger partial charge in [0.1, 0.15) is 0 Å². The SMILES string of the molecule is CC[C@@H]1CCCCN1C(=O)C[C@@H](NC(C)=O)c1ccc(Cl)cc1. The first kappa shape index (κ1) is 17.8. The van der Waals surface area contributed by atoms with E-state index in [4.69, 9.17) is 11.6 Å². The lowest BCUT2D eigenvalue weighted by Crippen LogP contribution is -2.44. The predicted molar refractivity (Wildman–Crippen MR) is 92.3 cm³/mol. The monoisotopic (exact) mass is 336 g/mol. The normalized spacial score (nSPS) is 19.3. The van der Waals surface area contributed by atoms with Gasteiger partial charge in [-0.3, -0.25) is 9.59 Å². The van der Waals surface area contributed by atoms with E-state index in [0.717, 1.165) is 31.4 Å². The van der Waals surface area contributed by atoms with Crippen molar-refractivity contribution in [3.63, 3.8) is 0 Å². The van der Waals surface area contributed by atoms with Gasteiger partial charge in [-0.15, -0.1) is 0 Å². The Morgan fingerprint density at radius 2 is 2.00 bits per heavy atom. The average Bonchev–Trinajstić information content (AvgIpc) is 2.54. The molecule has 5 heteroatoms. The molecule has 1 fully saturated rings. The van der Waals surface area contributed by atoms with Gasteiger partial charge in [0, 0.05) is 24.5 Å². The fraction of sp³-hybridized carbons (Fsp3) is 0.556. The highest BCUT2D eigenvalue weighted by Gasteiger charge is 2.27. The van der Waals surface area contributed by atoms with E-state index in [1.807, 2.05) is 17.0 Å². The number of carbonyl (C=O) groups excluding carboxylic acids is 2. The van der Waals surface area contributed by atoms with Crippen molar-refractivity contribution in [2.45, 2.75) is 58.0 Å². The Bertz CT molecular complexity index is 544. The fourth-order valence-electron chi connectivity index (χ4n) is 3.24. The van der Waals surface area contributed by atoms with Gasteiger partial charge >= 0.3 is 0 Å². The molecule has 0 spiro atoms. The topological polar surface area (TPSA) is 49.4 Å². The number of nitrogens with one attached hydrogen (secondary N) is 1. The van der Waals surface area contributed by atoms with Crippen LogP contribution in [0.15, 0.2) is 24.3 Å². The highest BCUT2D eigenvalue weighted by molar-refractivity contribution is 6.30. The van der Waals surface area contributed by atoms with E-state index < -0.39 is 0 Å². The van der Waals surface area contributed by atoms with Crippen molar-refractivity contribution in [2.24, 2.45) is 0 Å². The standard InChI is InChI=1S/C18H25ClN2O2/c1-3-16-6-4-5-11-21(16)18(23)12-17(20-13(2)22)14-7-9-15(19)10-8-14/h7-10,16-17H,3-6,11-12H2,1-2H3,(H,20,22)/t16-,17-/m1/s1. The van der Waals surface area contributed by atoms with Crippen molar-refractivity contribution >= 4 is 23.4 Å². The molecule has 1 aliphatic heterocycles. The molecule has 2 rings (SSSR count). The van der Waals surface area contributed by atoms with Gasteiger partial charge in [0.05, 0.1) is 12.5 Å². The number of nitrogens with zero attached hydrogens (tertiary/aromatic N) is 1. The van der Waals surface area contributed by atoms with Crippen LogP contribution in [0.4, 0.5) is 0 Å². The largest absolute Gasteiger partial charge is 0.349 e. The molecule has 4 nitrogen and oxygen atoms in total. The van der Waals surface area contributed by atoms with E-state index >= 15 is 0 Å². The third kappa shape index (κ3) is 4.96. The fourth-order valence-corrected chi connectivity index (χ4v) is 3.36. The number of carbonyl (C=O) groups is 2. The Labute approximate surface area is 143 Å². The summed E-state index contributed by atoms with van der Waals surface area (Å²) in [5, 5.41) is 3.53. The van der Waals surface area contributed by atoms with Gasteiger partial charge < -0.3 is 10.2 Å². The molecule has 0 unspecified atom stereocenters. The lowest BCUT2D eigenvalue weighted by Gasteiger charge is -2.36. The van der Waals surface area contributed by atoms with E-state index in [2.05, 4.69) is 12.2 Å². The molecule has 1 aliphatic rings. The molecule has 2 atom stereocenters. The number of piperidine rings is 1. The van der Waals surface area contributed by atoms with Crippen molar-refractivity contribution in [1.82, 2.24) is 10.2 Å². The van der Waals surface area contributed by atoms with Crippen LogP contribution in [0.1, 0.15) is 57.6 Å². The molecule has 0 aliphatic carbocycles. The number of hydrogen-bond donors (Lipinski definition) is 1. The lowest BCUT2D eigenvalue weighted by atomic mass is 9.97.